The lowest BCUT2D eigenvalue weighted by molar-refractivity contribution is -0.384. The number of nitrogens with one attached hydrogen (secondary N) is 1. The summed E-state index contributed by atoms with van der Waals surface area (Å²) >= 11 is 0. The number of anilines is 1. The second-order valence-corrected chi connectivity index (χ2v) is 6.15. The van der Waals surface area contributed by atoms with Crippen LogP contribution in [0.3, 0.4) is 0 Å². The number of amides is 1. The molecule has 2 aromatic carbocycles. The molecule has 6 nitrogen and oxygen atoms in total. The summed E-state index contributed by atoms with van der Waals surface area (Å²) in [5.74, 6) is 0.704. The van der Waals surface area contributed by atoms with Gasteiger partial charge in [0.05, 0.1) is 4.92 Å². The fourth-order valence-corrected chi connectivity index (χ4v) is 2.66. The smallest absolute Gasteiger partial charge is 0.270 e. The lowest BCUT2D eigenvalue weighted by Gasteiger charge is -2.06. The van der Waals surface area contributed by atoms with Gasteiger partial charge in [-0.15, -0.1) is 0 Å². The molecule has 0 spiro atoms. The average Bonchev–Trinajstić information content (AvgIpc) is 3.11. The molecule has 0 atom stereocenters. The SMILES string of the molecule is Cc1ccc(NC(=O)/C=C/c2ccc(-c3cccc([N+](=O)[O-])c3)o2)c(C)c1. The molecule has 0 aliphatic carbocycles. The Hall–Kier alpha value is -3.67. The predicted molar refractivity (Wildman–Crippen MR) is 104 cm³/mol. The molecule has 1 amide bonds. The van der Waals surface area contributed by atoms with Crippen LogP contribution in [0.5, 0.6) is 0 Å². The van der Waals surface area contributed by atoms with E-state index in [0.29, 0.717) is 17.1 Å². The van der Waals surface area contributed by atoms with Crippen LogP contribution in [-0.2, 0) is 4.79 Å². The van der Waals surface area contributed by atoms with Gasteiger partial charge in [-0.3, -0.25) is 14.9 Å². The lowest BCUT2D eigenvalue weighted by Crippen LogP contribution is -2.08. The highest BCUT2D eigenvalue weighted by molar-refractivity contribution is 6.02. The third-order valence-corrected chi connectivity index (χ3v) is 4.01. The Morgan fingerprint density at radius 2 is 1.93 bits per heavy atom. The zero-order chi connectivity index (χ0) is 19.4. The van der Waals surface area contributed by atoms with Crippen LogP contribution in [0.4, 0.5) is 11.4 Å². The van der Waals surface area contributed by atoms with Gasteiger partial charge >= 0.3 is 0 Å². The first-order valence-corrected chi connectivity index (χ1v) is 8.33. The molecule has 0 aliphatic heterocycles. The van der Waals surface area contributed by atoms with Crippen LogP contribution in [0.1, 0.15) is 16.9 Å². The number of furan rings is 1. The molecule has 1 aromatic heterocycles. The Morgan fingerprint density at radius 1 is 1.11 bits per heavy atom. The quantitative estimate of drug-likeness (QED) is 0.388. The van der Waals surface area contributed by atoms with Crippen molar-refractivity contribution in [3.8, 4) is 11.3 Å². The molecule has 1 heterocycles. The van der Waals surface area contributed by atoms with Crippen molar-refractivity contribution < 1.29 is 14.1 Å². The van der Waals surface area contributed by atoms with E-state index >= 15 is 0 Å². The standard InChI is InChI=1S/C21H18N2O4/c1-14-6-9-19(15(2)12-14)22-21(24)11-8-18-7-10-20(27-18)16-4-3-5-17(13-16)23(25)26/h3-13H,1-2H3,(H,22,24)/b11-8+. The van der Waals surface area contributed by atoms with Gasteiger partial charge in [-0.2, -0.15) is 0 Å². The first kappa shape index (κ1) is 18.1. The minimum atomic E-state index is -0.454. The van der Waals surface area contributed by atoms with Crippen LogP contribution in [0.25, 0.3) is 17.4 Å². The maximum absolute atomic E-state index is 12.1. The summed E-state index contributed by atoms with van der Waals surface area (Å²) < 4.78 is 5.66. The van der Waals surface area contributed by atoms with Gasteiger partial charge in [0.25, 0.3) is 5.69 Å². The van der Waals surface area contributed by atoms with Crippen molar-refractivity contribution in [3.63, 3.8) is 0 Å². The largest absolute Gasteiger partial charge is 0.457 e. The fraction of sp³-hybridized carbons (Fsp3) is 0.0952. The number of nitro groups is 1. The molecule has 136 valence electrons. The molecule has 0 unspecified atom stereocenters. The van der Waals surface area contributed by atoms with E-state index in [1.54, 1.807) is 30.3 Å². The third kappa shape index (κ3) is 4.49. The van der Waals surface area contributed by atoms with Crippen molar-refractivity contribution in [2.24, 2.45) is 0 Å². The molecule has 27 heavy (non-hydrogen) atoms. The number of hydrogen-bond donors (Lipinski definition) is 1. The van der Waals surface area contributed by atoms with Crippen molar-refractivity contribution in [2.45, 2.75) is 13.8 Å². The molecule has 3 aromatic rings. The fourth-order valence-electron chi connectivity index (χ4n) is 2.66. The Labute approximate surface area is 156 Å². The van der Waals surface area contributed by atoms with Gasteiger partial charge in [-0.1, -0.05) is 29.8 Å². The average molecular weight is 362 g/mol. The molecule has 0 saturated carbocycles. The lowest BCUT2D eigenvalue weighted by atomic mass is 10.1. The predicted octanol–water partition coefficient (Wildman–Crippen LogP) is 5.12. The molecule has 3 rings (SSSR count). The number of carbonyl (C=O) groups is 1. The van der Waals surface area contributed by atoms with Gasteiger partial charge < -0.3 is 9.73 Å². The van der Waals surface area contributed by atoms with E-state index in [0.717, 1.165) is 16.8 Å². The van der Waals surface area contributed by atoms with Crippen LogP contribution < -0.4 is 5.32 Å². The maximum Gasteiger partial charge on any atom is 0.270 e. The number of carbonyl (C=O) groups excluding carboxylic acids is 1. The number of nitrogens with zero attached hydrogens (tertiary/aromatic N) is 1. The first-order valence-electron chi connectivity index (χ1n) is 8.33. The highest BCUT2D eigenvalue weighted by Crippen LogP contribution is 2.26. The Morgan fingerprint density at radius 3 is 2.67 bits per heavy atom. The van der Waals surface area contributed by atoms with E-state index in [2.05, 4.69) is 5.32 Å². The Bertz CT molecular complexity index is 1030. The third-order valence-electron chi connectivity index (χ3n) is 4.01. The Balaban J connectivity index is 1.70. The second kappa shape index (κ2) is 7.70. The highest BCUT2D eigenvalue weighted by atomic mass is 16.6. The molecular weight excluding hydrogens is 344 g/mol. The summed E-state index contributed by atoms with van der Waals surface area (Å²) in [4.78, 5) is 22.5. The van der Waals surface area contributed by atoms with E-state index in [-0.39, 0.29) is 11.6 Å². The van der Waals surface area contributed by atoms with Crippen LogP contribution in [-0.4, -0.2) is 10.8 Å². The normalized spacial score (nSPS) is 10.9. The maximum atomic E-state index is 12.1. The van der Waals surface area contributed by atoms with E-state index in [1.165, 1.54) is 18.2 Å². The summed E-state index contributed by atoms with van der Waals surface area (Å²) in [6, 6.07) is 15.4. The molecule has 0 saturated heterocycles. The van der Waals surface area contributed by atoms with Crippen LogP contribution in [0, 0.1) is 24.0 Å². The molecule has 1 N–H and O–H groups in total. The van der Waals surface area contributed by atoms with Crippen molar-refractivity contribution in [3.05, 3.63) is 87.7 Å². The second-order valence-electron chi connectivity index (χ2n) is 6.15. The van der Waals surface area contributed by atoms with Crippen LogP contribution >= 0.6 is 0 Å². The minimum Gasteiger partial charge on any atom is -0.457 e. The molecular formula is C21H18N2O4. The van der Waals surface area contributed by atoms with Crippen molar-refractivity contribution in [1.29, 1.82) is 0 Å². The summed E-state index contributed by atoms with van der Waals surface area (Å²) in [6.07, 6.45) is 2.94. The van der Waals surface area contributed by atoms with Gasteiger partial charge in [0, 0.05) is 29.5 Å². The number of hydrogen-bond acceptors (Lipinski definition) is 4. The van der Waals surface area contributed by atoms with Crippen LogP contribution in [0.15, 0.2) is 65.1 Å². The number of nitro benzene ring substituents is 1. The summed E-state index contributed by atoms with van der Waals surface area (Å²) in [5, 5.41) is 13.7. The summed E-state index contributed by atoms with van der Waals surface area (Å²) in [5.41, 5.74) is 3.47. The summed E-state index contributed by atoms with van der Waals surface area (Å²) in [7, 11) is 0. The van der Waals surface area contributed by atoms with Crippen molar-refractivity contribution in [2.75, 3.05) is 5.32 Å². The van der Waals surface area contributed by atoms with Crippen LogP contribution in [0.2, 0.25) is 0 Å². The molecule has 0 bridgehead atoms. The zero-order valence-electron chi connectivity index (χ0n) is 14.9. The van der Waals surface area contributed by atoms with E-state index in [9.17, 15) is 14.9 Å². The van der Waals surface area contributed by atoms with Gasteiger partial charge in [0.2, 0.25) is 5.91 Å². The number of rotatable bonds is 5. The molecule has 0 aliphatic rings. The molecule has 0 radical (unpaired) electrons. The van der Waals surface area contributed by atoms with Gasteiger partial charge in [0.15, 0.2) is 0 Å². The number of benzene rings is 2. The van der Waals surface area contributed by atoms with Gasteiger partial charge in [-0.05, 0) is 43.7 Å². The molecule has 0 fully saturated rings. The number of aryl methyl sites for hydroxylation is 2. The van der Waals surface area contributed by atoms with Crippen molar-refractivity contribution in [1.82, 2.24) is 0 Å². The summed E-state index contributed by atoms with van der Waals surface area (Å²) in [6.45, 7) is 3.93. The van der Waals surface area contributed by atoms with E-state index in [1.807, 2.05) is 32.0 Å². The van der Waals surface area contributed by atoms with Gasteiger partial charge in [0.1, 0.15) is 11.5 Å². The number of non-ortho nitro benzene ring substituents is 1. The molecule has 6 heteroatoms. The minimum absolute atomic E-state index is 0.00571. The first-order chi connectivity index (χ1) is 12.9. The van der Waals surface area contributed by atoms with Gasteiger partial charge in [-0.25, -0.2) is 0 Å². The monoisotopic (exact) mass is 362 g/mol. The highest BCUT2D eigenvalue weighted by Gasteiger charge is 2.10. The van der Waals surface area contributed by atoms with E-state index in [4.69, 9.17) is 4.42 Å². The zero-order valence-corrected chi connectivity index (χ0v) is 14.9. The van der Waals surface area contributed by atoms with E-state index < -0.39 is 4.92 Å². The Kier molecular flexibility index (Phi) is 5.17. The van der Waals surface area contributed by atoms with Crippen molar-refractivity contribution >= 4 is 23.4 Å². The topological polar surface area (TPSA) is 85.4 Å².